The van der Waals surface area contributed by atoms with Gasteiger partial charge in [-0.2, -0.15) is 0 Å². The molecule has 0 radical (unpaired) electrons. The van der Waals surface area contributed by atoms with Gasteiger partial charge in [-0.05, 0) is 43.0 Å². The van der Waals surface area contributed by atoms with Crippen molar-refractivity contribution < 1.29 is 14.6 Å². The molecule has 4 nitrogen and oxygen atoms in total. The topological polar surface area (TPSA) is 41.9 Å². The number of aliphatic hydroxyl groups excluding tert-OH is 1. The van der Waals surface area contributed by atoms with Crippen LogP contribution in [0, 0.1) is 5.92 Å². The number of ether oxygens (including phenoxy) is 2. The van der Waals surface area contributed by atoms with Gasteiger partial charge in [0.25, 0.3) is 0 Å². The molecule has 1 saturated carbocycles. The van der Waals surface area contributed by atoms with Crippen LogP contribution in [0.1, 0.15) is 31.4 Å². The third kappa shape index (κ3) is 3.87. The summed E-state index contributed by atoms with van der Waals surface area (Å²) in [7, 11) is 3.22. The fourth-order valence-electron chi connectivity index (χ4n) is 2.41. The van der Waals surface area contributed by atoms with Crippen molar-refractivity contribution in [3.8, 4) is 11.5 Å². The molecule has 1 N–H and O–H groups in total. The maximum absolute atomic E-state index is 10.4. The fraction of sp³-hybridized carbons (Fsp3) is 0.625. The van der Waals surface area contributed by atoms with Crippen LogP contribution in [0.15, 0.2) is 18.2 Å². The van der Waals surface area contributed by atoms with Crippen molar-refractivity contribution in [3.63, 3.8) is 0 Å². The molecule has 112 valence electrons. The molecule has 1 aliphatic carbocycles. The van der Waals surface area contributed by atoms with Crippen molar-refractivity contribution in [1.29, 1.82) is 0 Å². The maximum Gasteiger partial charge on any atom is 0.161 e. The van der Waals surface area contributed by atoms with E-state index in [9.17, 15) is 5.11 Å². The van der Waals surface area contributed by atoms with Crippen molar-refractivity contribution in [1.82, 2.24) is 4.90 Å². The zero-order valence-corrected chi connectivity index (χ0v) is 12.6. The van der Waals surface area contributed by atoms with Gasteiger partial charge in [0.1, 0.15) is 0 Å². The predicted molar refractivity (Wildman–Crippen MR) is 79.3 cm³/mol. The Labute approximate surface area is 121 Å². The number of benzene rings is 1. The first kappa shape index (κ1) is 15.1. The lowest BCUT2D eigenvalue weighted by atomic mass is 10.1. The van der Waals surface area contributed by atoms with Gasteiger partial charge < -0.3 is 19.5 Å². The van der Waals surface area contributed by atoms with E-state index in [-0.39, 0.29) is 0 Å². The second-order valence-corrected chi connectivity index (χ2v) is 5.43. The average Bonchev–Trinajstić information content (AvgIpc) is 3.29. The number of methoxy groups -OCH3 is 2. The summed E-state index contributed by atoms with van der Waals surface area (Å²) < 4.78 is 10.5. The van der Waals surface area contributed by atoms with Crippen molar-refractivity contribution >= 4 is 0 Å². The summed E-state index contributed by atoms with van der Waals surface area (Å²) in [4.78, 5) is 2.32. The van der Waals surface area contributed by atoms with Gasteiger partial charge in [-0.1, -0.05) is 13.0 Å². The summed E-state index contributed by atoms with van der Waals surface area (Å²) in [5, 5.41) is 10.4. The average molecular weight is 279 g/mol. The van der Waals surface area contributed by atoms with Crippen LogP contribution in [0.2, 0.25) is 0 Å². The quantitative estimate of drug-likeness (QED) is 0.794. The van der Waals surface area contributed by atoms with Crippen molar-refractivity contribution in [3.05, 3.63) is 23.8 Å². The first-order valence-electron chi connectivity index (χ1n) is 7.30. The Morgan fingerprint density at radius 1 is 1.25 bits per heavy atom. The van der Waals surface area contributed by atoms with E-state index in [0.29, 0.717) is 18.0 Å². The predicted octanol–water partition coefficient (Wildman–Crippen LogP) is 2.47. The second kappa shape index (κ2) is 6.95. The number of hydrogen-bond acceptors (Lipinski definition) is 4. The Bertz CT molecular complexity index is 432. The van der Waals surface area contributed by atoms with Crippen molar-refractivity contribution in [2.45, 2.75) is 25.9 Å². The molecule has 20 heavy (non-hydrogen) atoms. The number of hydrogen-bond donors (Lipinski definition) is 1. The third-order valence-electron chi connectivity index (χ3n) is 3.88. The molecule has 0 heterocycles. The van der Waals surface area contributed by atoms with E-state index in [4.69, 9.17) is 9.47 Å². The van der Waals surface area contributed by atoms with E-state index < -0.39 is 6.10 Å². The minimum atomic E-state index is -0.492. The summed E-state index contributed by atoms with van der Waals surface area (Å²) in [6.07, 6.45) is 2.18. The van der Waals surface area contributed by atoms with Gasteiger partial charge in [-0.3, -0.25) is 0 Å². The molecular weight excluding hydrogens is 254 g/mol. The van der Waals surface area contributed by atoms with Gasteiger partial charge in [-0.15, -0.1) is 0 Å². The fourth-order valence-corrected chi connectivity index (χ4v) is 2.41. The second-order valence-electron chi connectivity index (χ2n) is 5.43. The van der Waals surface area contributed by atoms with Crippen LogP contribution in [0.25, 0.3) is 0 Å². The molecule has 1 unspecified atom stereocenters. The maximum atomic E-state index is 10.4. The highest BCUT2D eigenvalue weighted by Crippen LogP contribution is 2.32. The zero-order chi connectivity index (χ0) is 14.5. The smallest absolute Gasteiger partial charge is 0.161 e. The summed E-state index contributed by atoms with van der Waals surface area (Å²) in [5.41, 5.74) is 0.872. The SMILES string of the molecule is CCN(CC1CC1)CC(O)c1ccc(OC)c(OC)c1. The molecule has 0 bridgehead atoms. The molecule has 1 fully saturated rings. The Hall–Kier alpha value is -1.26. The first-order chi connectivity index (χ1) is 9.67. The van der Waals surface area contributed by atoms with Crippen LogP contribution in [0.5, 0.6) is 11.5 Å². The monoisotopic (exact) mass is 279 g/mol. The molecule has 0 aromatic heterocycles. The summed E-state index contributed by atoms with van der Waals surface area (Å²) in [5.74, 6) is 2.19. The normalized spacial score (nSPS) is 16.2. The highest BCUT2D eigenvalue weighted by atomic mass is 16.5. The molecule has 0 saturated heterocycles. The van der Waals surface area contributed by atoms with E-state index in [2.05, 4.69) is 11.8 Å². The lowest BCUT2D eigenvalue weighted by Crippen LogP contribution is -2.30. The minimum absolute atomic E-state index is 0.492. The molecule has 0 amide bonds. The van der Waals surface area contributed by atoms with Gasteiger partial charge in [0.2, 0.25) is 0 Å². The highest BCUT2D eigenvalue weighted by molar-refractivity contribution is 5.43. The van der Waals surface area contributed by atoms with Crippen LogP contribution < -0.4 is 9.47 Å². The van der Waals surface area contributed by atoms with E-state index in [1.165, 1.54) is 12.8 Å². The van der Waals surface area contributed by atoms with Crippen molar-refractivity contribution in [2.75, 3.05) is 33.9 Å². The third-order valence-corrected chi connectivity index (χ3v) is 3.88. The lowest BCUT2D eigenvalue weighted by Gasteiger charge is -2.24. The highest BCUT2D eigenvalue weighted by Gasteiger charge is 2.25. The van der Waals surface area contributed by atoms with E-state index in [1.807, 2.05) is 18.2 Å². The number of aliphatic hydroxyl groups is 1. The number of nitrogens with zero attached hydrogens (tertiary/aromatic N) is 1. The van der Waals surface area contributed by atoms with Crippen LogP contribution >= 0.6 is 0 Å². The van der Waals surface area contributed by atoms with Crippen LogP contribution in [0.4, 0.5) is 0 Å². The van der Waals surface area contributed by atoms with Gasteiger partial charge in [0.15, 0.2) is 11.5 Å². The molecular formula is C16H25NO3. The standard InChI is InChI=1S/C16H25NO3/c1-4-17(10-12-5-6-12)11-14(18)13-7-8-15(19-2)16(9-13)20-3/h7-9,12,14,18H,4-6,10-11H2,1-3H3. The Morgan fingerprint density at radius 3 is 2.50 bits per heavy atom. The number of likely N-dealkylation sites (N-methyl/N-ethyl adjacent to an activating group) is 1. The summed E-state index contributed by atoms with van der Waals surface area (Å²) >= 11 is 0. The largest absolute Gasteiger partial charge is 0.493 e. The Balaban J connectivity index is 2.01. The molecule has 2 rings (SSSR count). The molecule has 0 spiro atoms. The van der Waals surface area contributed by atoms with Gasteiger partial charge >= 0.3 is 0 Å². The van der Waals surface area contributed by atoms with Gasteiger partial charge in [0, 0.05) is 13.1 Å². The van der Waals surface area contributed by atoms with Crippen LogP contribution in [-0.4, -0.2) is 43.9 Å². The van der Waals surface area contributed by atoms with E-state index in [1.54, 1.807) is 14.2 Å². The van der Waals surface area contributed by atoms with Gasteiger partial charge in [0.05, 0.1) is 20.3 Å². The number of rotatable bonds is 8. The van der Waals surface area contributed by atoms with Crippen LogP contribution in [-0.2, 0) is 0 Å². The Kier molecular flexibility index (Phi) is 5.26. The van der Waals surface area contributed by atoms with Crippen molar-refractivity contribution in [2.24, 2.45) is 5.92 Å². The molecule has 1 atom stereocenters. The van der Waals surface area contributed by atoms with E-state index >= 15 is 0 Å². The molecule has 1 aliphatic rings. The molecule has 0 aliphatic heterocycles. The minimum Gasteiger partial charge on any atom is -0.493 e. The molecule has 1 aromatic rings. The zero-order valence-electron chi connectivity index (χ0n) is 12.6. The lowest BCUT2D eigenvalue weighted by molar-refractivity contribution is 0.113. The first-order valence-corrected chi connectivity index (χ1v) is 7.30. The Morgan fingerprint density at radius 2 is 1.95 bits per heavy atom. The van der Waals surface area contributed by atoms with E-state index in [0.717, 1.165) is 24.6 Å². The summed E-state index contributed by atoms with van der Waals surface area (Å²) in [6.45, 7) is 4.88. The molecule has 1 aromatic carbocycles. The van der Waals surface area contributed by atoms with Crippen LogP contribution in [0.3, 0.4) is 0 Å². The summed E-state index contributed by atoms with van der Waals surface area (Å²) in [6, 6.07) is 5.60. The molecule has 4 heteroatoms. The van der Waals surface area contributed by atoms with Gasteiger partial charge in [-0.25, -0.2) is 0 Å².